The van der Waals surface area contributed by atoms with Crippen molar-refractivity contribution in [2.45, 2.75) is 25.8 Å². The molecule has 3 aromatic rings. The minimum absolute atomic E-state index is 0.0850. The van der Waals surface area contributed by atoms with Gasteiger partial charge in [0, 0.05) is 48.9 Å². The monoisotopic (exact) mass is 422 g/mol. The highest BCUT2D eigenvalue weighted by atomic mass is 16.5. The number of amides is 1. The molecule has 8 heteroatoms. The third-order valence-corrected chi connectivity index (χ3v) is 5.58. The number of ether oxygens (including phenoxy) is 2. The number of nitrogens with one attached hydrogen (secondary N) is 2. The summed E-state index contributed by atoms with van der Waals surface area (Å²) in [5.41, 5.74) is 2.12. The number of methoxy groups -OCH3 is 2. The molecule has 1 aliphatic rings. The first kappa shape index (κ1) is 20.7. The van der Waals surface area contributed by atoms with E-state index in [4.69, 9.17) is 9.47 Å². The molecule has 1 amide bonds. The second-order valence-electron chi connectivity index (χ2n) is 7.54. The lowest BCUT2D eigenvalue weighted by Crippen LogP contribution is -2.36. The minimum Gasteiger partial charge on any atom is -0.497 e. The largest absolute Gasteiger partial charge is 0.497 e. The van der Waals surface area contributed by atoms with E-state index in [9.17, 15) is 9.59 Å². The van der Waals surface area contributed by atoms with E-state index in [0.717, 1.165) is 30.8 Å². The molecular formula is C23H26N4O4. The Bertz CT molecular complexity index is 1160. The van der Waals surface area contributed by atoms with Gasteiger partial charge in [-0.3, -0.25) is 9.59 Å². The van der Waals surface area contributed by atoms with Gasteiger partial charge in [0.2, 0.25) is 5.91 Å². The van der Waals surface area contributed by atoms with Crippen molar-refractivity contribution in [3.8, 4) is 22.9 Å². The molecule has 0 bridgehead atoms. The Balaban J connectivity index is 1.59. The molecule has 1 fully saturated rings. The lowest BCUT2D eigenvalue weighted by molar-refractivity contribution is -0.121. The minimum atomic E-state index is -0.266. The molecule has 2 heterocycles. The van der Waals surface area contributed by atoms with Crippen molar-refractivity contribution in [3.05, 3.63) is 46.8 Å². The average Bonchev–Trinajstić information content (AvgIpc) is 3.26. The molecule has 0 spiro atoms. The number of rotatable bonds is 6. The highest BCUT2D eigenvalue weighted by Crippen LogP contribution is 2.29. The summed E-state index contributed by atoms with van der Waals surface area (Å²) in [4.78, 5) is 34.1. The molecule has 0 radical (unpaired) electrons. The number of H-pyrrole nitrogens is 1. The topological polar surface area (TPSA) is 96.6 Å². The molecule has 1 unspecified atom stereocenters. The summed E-state index contributed by atoms with van der Waals surface area (Å²) < 4.78 is 10.6. The molecule has 8 nitrogen and oxygen atoms in total. The van der Waals surface area contributed by atoms with Crippen LogP contribution >= 0.6 is 0 Å². The molecule has 1 aromatic heterocycles. The van der Waals surface area contributed by atoms with Crippen molar-refractivity contribution in [2.24, 2.45) is 0 Å². The number of aromatic amines is 1. The van der Waals surface area contributed by atoms with Crippen molar-refractivity contribution >= 4 is 22.5 Å². The Labute approximate surface area is 180 Å². The maximum atomic E-state index is 12.7. The van der Waals surface area contributed by atoms with E-state index in [1.54, 1.807) is 19.2 Å². The van der Waals surface area contributed by atoms with Crippen LogP contribution in [0.1, 0.15) is 19.8 Å². The van der Waals surface area contributed by atoms with Crippen LogP contribution in [0.25, 0.3) is 22.3 Å². The number of carbonyl (C=O) groups is 1. The number of nitrogens with zero attached hydrogens (tertiary/aromatic N) is 2. The number of benzene rings is 2. The fourth-order valence-electron chi connectivity index (χ4n) is 3.90. The van der Waals surface area contributed by atoms with Crippen molar-refractivity contribution in [1.82, 2.24) is 15.3 Å². The maximum absolute atomic E-state index is 12.7. The SMILES string of the molecule is CCC(=O)NC1CCN(c2ccc(-c3nc4cc(OC)cc(OC)c4c(=O)[nH]3)cc2)C1. The zero-order valence-electron chi connectivity index (χ0n) is 17.9. The molecule has 0 saturated carbocycles. The van der Waals surface area contributed by atoms with Crippen LogP contribution in [0, 0.1) is 0 Å². The summed E-state index contributed by atoms with van der Waals surface area (Å²) in [7, 11) is 3.07. The first-order valence-electron chi connectivity index (χ1n) is 10.3. The normalized spacial score (nSPS) is 15.8. The summed E-state index contributed by atoms with van der Waals surface area (Å²) in [5, 5.41) is 3.45. The zero-order valence-corrected chi connectivity index (χ0v) is 17.9. The second-order valence-corrected chi connectivity index (χ2v) is 7.54. The Morgan fingerprint density at radius 3 is 2.68 bits per heavy atom. The summed E-state index contributed by atoms with van der Waals surface area (Å²) in [6, 6.07) is 11.5. The van der Waals surface area contributed by atoms with Gasteiger partial charge in [-0.05, 0) is 30.7 Å². The molecule has 4 rings (SSSR count). The summed E-state index contributed by atoms with van der Waals surface area (Å²) in [6.45, 7) is 3.53. The number of aromatic nitrogens is 2. The van der Waals surface area contributed by atoms with Crippen LogP contribution in [0.5, 0.6) is 11.5 Å². The fourth-order valence-corrected chi connectivity index (χ4v) is 3.90. The van der Waals surface area contributed by atoms with Gasteiger partial charge in [0.15, 0.2) is 0 Å². The molecule has 2 N–H and O–H groups in total. The molecule has 1 saturated heterocycles. The van der Waals surface area contributed by atoms with Gasteiger partial charge in [-0.1, -0.05) is 6.92 Å². The second kappa shape index (κ2) is 8.67. The van der Waals surface area contributed by atoms with Gasteiger partial charge in [0.25, 0.3) is 5.56 Å². The van der Waals surface area contributed by atoms with Gasteiger partial charge >= 0.3 is 0 Å². The van der Waals surface area contributed by atoms with Crippen LogP contribution in [0.15, 0.2) is 41.2 Å². The van der Waals surface area contributed by atoms with Crippen LogP contribution in [0.4, 0.5) is 5.69 Å². The number of carbonyl (C=O) groups excluding carboxylic acids is 1. The molecule has 31 heavy (non-hydrogen) atoms. The Morgan fingerprint density at radius 2 is 2.00 bits per heavy atom. The highest BCUT2D eigenvalue weighted by molar-refractivity contribution is 5.87. The number of hydrogen-bond acceptors (Lipinski definition) is 6. The van der Waals surface area contributed by atoms with Crippen molar-refractivity contribution in [1.29, 1.82) is 0 Å². The molecule has 2 aromatic carbocycles. The van der Waals surface area contributed by atoms with Gasteiger partial charge in [-0.15, -0.1) is 0 Å². The van der Waals surface area contributed by atoms with E-state index < -0.39 is 0 Å². The van der Waals surface area contributed by atoms with Crippen molar-refractivity contribution < 1.29 is 14.3 Å². The van der Waals surface area contributed by atoms with Gasteiger partial charge in [-0.25, -0.2) is 4.98 Å². The third-order valence-electron chi connectivity index (χ3n) is 5.58. The lowest BCUT2D eigenvalue weighted by Gasteiger charge is -2.19. The van der Waals surface area contributed by atoms with E-state index >= 15 is 0 Å². The standard InChI is InChI=1S/C23H26N4O4/c1-4-20(28)24-15-9-10-27(13-15)16-7-5-14(6-8-16)22-25-18-11-17(30-2)12-19(31-3)21(18)23(29)26-22/h5-8,11-12,15H,4,9-10,13H2,1-3H3,(H,24,28)(H,25,26,29). The third kappa shape index (κ3) is 4.19. The maximum Gasteiger partial charge on any atom is 0.262 e. The predicted octanol–water partition coefficient (Wildman–Crippen LogP) is 2.71. The van der Waals surface area contributed by atoms with Crippen molar-refractivity contribution in [2.75, 3.05) is 32.2 Å². The van der Waals surface area contributed by atoms with Crippen molar-refractivity contribution in [3.63, 3.8) is 0 Å². The quantitative estimate of drug-likeness (QED) is 0.634. The summed E-state index contributed by atoms with van der Waals surface area (Å²) in [5.74, 6) is 1.56. The first-order chi connectivity index (χ1) is 15.0. The van der Waals surface area contributed by atoms with Crippen LogP contribution in [0.2, 0.25) is 0 Å². The van der Waals surface area contributed by atoms with Gasteiger partial charge < -0.3 is 24.7 Å². The van der Waals surface area contributed by atoms with Gasteiger partial charge in [0.1, 0.15) is 22.7 Å². The Kier molecular flexibility index (Phi) is 5.79. The Morgan fingerprint density at radius 1 is 1.23 bits per heavy atom. The van der Waals surface area contributed by atoms with E-state index in [1.807, 2.05) is 31.2 Å². The molecule has 1 aliphatic heterocycles. The molecule has 162 valence electrons. The number of fused-ring (bicyclic) bond motifs is 1. The molecular weight excluding hydrogens is 396 g/mol. The highest BCUT2D eigenvalue weighted by Gasteiger charge is 2.23. The number of hydrogen-bond donors (Lipinski definition) is 2. The number of anilines is 1. The van der Waals surface area contributed by atoms with Gasteiger partial charge in [0.05, 0.1) is 19.7 Å². The van der Waals surface area contributed by atoms with E-state index in [-0.39, 0.29) is 17.5 Å². The van der Waals surface area contributed by atoms with E-state index in [0.29, 0.717) is 34.6 Å². The first-order valence-corrected chi connectivity index (χ1v) is 10.3. The van der Waals surface area contributed by atoms with Gasteiger partial charge in [-0.2, -0.15) is 0 Å². The summed E-state index contributed by atoms with van der Waals surface area (Å²) in [6.07, 6.45) is 1.43. The molecule has 0 aliphatic carbocycles. The molecule has 1 atom stereocenters. The van der Waals surface area contributed by atoms with E-state index in [2.05, 4.69) is 20.2 Å². The smallest absolute Gasteiger partial charge is 0.262 e. The predicted molar refractivity (Wildman–Crippen MR) is 120 cm³/mol. The average molecular weight is 422 g/mol. The van der Waals surface area contributed by atoms with E-state index in [1.165, 1.54) is 7.11 Å². The zero-order chi connectivity index (χ0) is 22.0. The van der Waals surface area contributed by atoms with Crippen LogP contribution in [-0.2, 0) is 4.79 Å². The fraction of sp³-hybridized carbons (Fsp3) is 0.348. The van der Waals surface area contributed by atoms with Crippen LogP contribution in [0.3, 0.4) is 0 Å². The van der Waals surface area contributed by atoms with Crippen LogP contribution in [-0.4, -0.2) is 49.2 Å². The Hall–Kier alpha value is -3.55. The summed E-state index contributed by atoms with van der Waals surface area (Å²) >= 11 is 0. The van der Waals surface area contributed by atoms with Crippen LogP contribution < -0.4 is 25.2 Å². The lowest BCUT2D eigenvalue weighted by atomic mass is 10.1.